The number of phenolic OH excluding ortho intramolecular Hbond substituents is 1. The number of aromatic amines is 1. The van der Waals surface area contributed by atoms with Gasteiger partial charge in [-0.15, -0.1) is 0 Å². The van der Waals surface area contributed by atoms with Crippen LogP contribution in [-0.4, -0.2) is 30.9 Å². The van der Waals surface area contributed by atoms with Crippen LogP contribution in [0.4, 0.5) is 0 Å². The second-order valence-corrected chi connectivity index (χ2v) is 6.54. The molecule has 2 N–H and O–H groups in total. The highest BCUT2D eigenvalue weighted by atomic mass is 16.3. The Morgan fingerprint density at radius 3 is 2.67 bits per heavy atom. The predicted octanol–water partition coefficient (Wildman–Crippen LogP) is 3.41. The Kier molecular flexibility index (Phi) is 3.43. The molecule has 0 bridgehead atoms. The van der Waals surface area contributed by atoms with Crippen molar-refractivity contribution in [2.75, 3.05) is 0 Å². The van der Waals surface area contributed by atoms with Crippen LogP contribution < -0.4 is 0 Å². The first-order chi connectivity index (χ1) is 13.2. The monoisotopic (exact) mass is 356 g/mol. The third-order valence-corrected chi connectivity index (χ3v) is 4.93. The highest BCUT2D eigenvalue weighted by Gasteiger charge is 2.36. The average molecular weight is 356 g/mol. The minimum atomic E-state index is -0.541. The van der Waals surface area contributed by atoms with E-state index in [2.05, 4.69) is 15.0 Å². The molecular formula is C21H16N4O2. The topological polar surface area (TPSA) is 82.1 Å². The summed E-state index contributed by atoms with van der Waals surface area (Å²) in [6.45, 7) is 0.457. The third-order valence-electron chi connectivity index (χ3n) is 4.93. The van der Waals surface area contributed by atoms with Gasteiger partial charge in [-0.1, -0.05) is 36.4 Å². The number of benzene rings is 2. The summed E-state index contributed by atoms with van der Waals surface area (Å²) in [7, 11) is 0. The van der Waals surface area contributed by atoms with Crippen LogP contribution in [0.5, 0.6) is 5.75 Å². The number of hydrogen-bond acceptors (Lipinski definition) is 4. The molecule has 1 aliphatic rings. The van der Waals surface area contributed by atoms with E-state index in [1.54, 1.807) is 23.2 Å². The number of aromatic nitrogens is 3. The van der Waals surface area contributed by atoms with Gasteiger partial charge in [-0.2, -0.15) is 0 Å². The van der Waals surface area contributed by atoms with Crippen molar-refractivity contribution in [1.29, 1.82) is 0 Å². The maximum Gasteiger partial charge on any atom is 0.255 e. The molecule has 1 amide bonds. The molecule has 1 atom stereocenters. The molecule has 132 valence electrons. The second-order valence-electron chi connectivity index (χ2n) is 6.54. The maximum absolute atomic E-state index is 13.1. The van der Waals surface area contributed by atoms with Crippen LogP contribution in [-0.2, 0) is 6.54 Å². The van der Waals surface area contributed by atoms with Gasteiger partial charge < -0.3 is 15.0 Å². The molecule has 6 nitrogen and oxygen atoms in total. The highest BCUT2D eigenvalue weighted by Crippen LogP contribution is 2.38. The number of phenols is 1. The summed E-state index contributed by atoms with van der Waals surface area (Å²) in [5, 5.41) is 10.5. The third kappa shape index (κ3) is 2.45. The minimum Gasteiger partial charge on any atom is -0.508 e. The molecule has 2 aromatic carbocycles. The summed E-state index contributed by atoms with van der Waals surface area (Å²) >= 11 is 0. The van der Waals surface area contributed by atoms with E-state index in [9.17, 15) is 9.90 Å². The molecule has 0 saturated heterocycles. The van der Waals surface area contributed by atoms with Crippen molar-refractivity contribution >= 4 is 17.1 Å². The molecule has 0 aliphatic carbocycles. The number of para-hydroxylation sites is 1. The molecule has 1 aliphatic heterocycles. The number of rotatable bonds is 3. The molecule has 0 saturated carbocycles. The van der Waals surface area contributed by atoms with E-state index in [-0.39, 0.29) is 11.7 Å². The number of pyridine rings is 1. The largest absolute Gasteiger partial charge is 0.508 e. The molecule has 0 spiro atoms. The van der Waals surface area contributed by atoms with Crippen molar-refractivity contribution in [3.63, 3.8) is 0 Å². The molecule has 5 rings (SSSR count). The fourth-order valence-corrected chi connectivity index (χ4v) is 3.66. The smallest absolute Gasteiger partial charge is 0.255 e. The average Bonchev–Trinajstić information content (AvgIpc) is 3.26. The lowest BCUT2D eigenvalue weighted by Crippen LogP contribution is -2.30. The number of nitrogens with zero attached hydrogens (tertiary/aromatic N) is 3. The van der Waals surface area contributed by atoms with E-state index in [0.717, 1.165) is 11.1 Å². The Morgan fingerprint density at radius 2 is 1.85 bits per heavy atom. The van der Waals surface area contributed by atoms with Gasteiger partial charge in [0.25, 0.3) is 5.91 Å². The zero-order valence-electron chi connectivity index (χ0n) is 14.3. The number of amides is 1. The van der Waals surface area contributed by atoms with Crippen molar-refractivity contribution in [2.24, 2.45) is 0 Å². The summed E-state index contributed by atoms with van der Waals surface area (Å²) in [5.41, 5.74) is 3.65. The fourth-order valence-electron chi connectivity index (χ4n) is 3.66. The molecule has 1 unspecified atom stereocenters. The van der Waals surface area contributed by atoms with E-state index < -0.39 is 6.04 Å². The lowest BCUT2D eigenvalue weighted by Gasteiger charge is -2.27. The molecule has 27 heavy (non-hydrogen) atoms. The van der Waals surface area contributed by atoms with E-state index in [1.165, 1.54) is 0 Å². The highest BCUT2D eigenvalue weighted by molar-refractivity contribution is 5.98. The first kappa shape index (κ1) is 15.6. The lowest BCUT2D eigenvalue weighted by atomic mass is 10.0. The Bertz CT molecular complexity index is 1130. The normalized spacial score (nSPS) is 14.5. The summed E-state index contributed by atoms with van der Waals surface area (Å²) in [5.74, 6) is 0.623. The van der Waals surface area contributed by atoms with Crippen molar-refractivity contribution in [2.45, 2.75) is 12.6 Å². The van der Waals surface area contributed by atoms with Gasteiger partial charge in [0.05, 0.1) is 0 Å². The summed E-state index contributed by atoms with van der Waals surface area (Å²) < 4.78 is 0. The van der Waals surface area contributed by atoms with Crippen LogP contribution >= 0.6 is 0 Å². The molecule has 0 radical (unpaired) electrons. The van der Waals surface area contributed by atoms with Crippen LogP contribution in [0.1, 0.15) is 33.4 Å². The van der Waals surface area contributed by atoms with Gasteiger partial charge >= 0.3 is 0 Å². The molecule has 4 aromatic rings. The van der Waals surface area contributed by atoms with E-state index >= 15 is 0 Å². The minimum absolute atomic E-state index is 0.0766. The first-order valence-electron chi connectivity index (χ1n) is 8.70. The van der Waals surface area contributed by atoms with Gasteiger partial charge in [0.15, 0.2) is 5.65 Å². The molecule has 0 fully saturated rings. The number of carbonyl (C=O) groups excluding carboxylic acids is 1. The van der Waals surface area contributed by atoms with Crippen molar-refractivity contribution < 1.29 is 9.90 Å². The SMILES string of the molecule is O=C1c2ccccc2CN1C(c1nc2cccnc2[nH]1)c1ccccc1O. The van der Waals surface area contributed by atoms with Crippen molar-refractivity contribution in [3.05, 3.63) is 89.4 Å². The van der Waals surface area contributed by atoms with Gasteiger partial charge in [0.2, 0.25) is 0 Å². The number of H-pyrrole nitrogens is 1. The second kappa shape index (κ2) is 5.95. The number of aromatic hydroxyl groups is 1. The van der Waals surface area contributed by atoms with Crippen LogP contribution in [0.3, 0.4) is 0 Å². The molecule has 2 aromatic heterocycles. The zero-order chi connectivity index (χ0) is 18.4. The van der Waals surface area contributed by atoms with E-state index in [1.807, 2.05) is 48.5 Å². The quantitative estimate of drug-likeness (QED) is 0.589. The zero-order valence-corrected chi connectivity index (χ0v) is 14.3. The van der Waals surface area contributed by atoms with Crippen LogP contribution in [0.2, 0.25) is 0 Å². The number of nitrogens with one attached hydrogen (secondary N) is 1. The van der Waals surface area contributed by atoms with Crippen LogP contribution in [0.15, 0.2) is 66.9 Å². The van der Waals surface area contributed by atoms with Gasteiger partial charge in [-0.3, -0.25) is 4.79 Å². The number of imidazole rings is 1. The molecule has 3 heterocycles. The van der Waals surface area contributed by atoms with Gasteiger partial charge in [-0.05, 0) is 29.8 Å². The van der Waals surface area contributed by atoms with Crippen LogP contribution in [0.25, 0.3) is 11.2 Å². The predicted molar refractivity (Wildman–Crippen MR) is 100 cm³/mol. The van der Waals surface area contributed by atoms with Gasteiger partial charge in [0.1, 0.15) is 23.1 Å². The molecular weight excluding hydrogens is 340 g/mol. The maximum atomic E-state index is 13.1. The number of fused-ring (bicyclic) bond motifs is 2. The Hall–Kier alpha value is -3.67. The number of carbonyl (C=O) groups is 1. The van der Waals surface area contributed by atoms with Gasteiger partial charge in [0, 0.05) is 23.9 Å². The van der Waals surface area contributed by atoms with Gasteiger partial charge in [-0.25, -0.2) is 9.97 Å². The first-order valence-corrected chi connectivity index (χ1v) is 8.70. The fraction of sp³-hybridized carbons (Fsp3) is 0.0952. The van der Waals surface area contributed by atoms with Crippen molar-refractivity contribution in [3.8, 4) is 5.75 Å². The summed E-state index contributed by atoms with van der Waals surface area (Å²) in [4.78, 5) is 27.0. The number of hydrogen-bond donors (Lipinski definition) is 2. The van der Waals surface area contributed by atoms with E-state index in [0.29, 0.717) is 29.1 Å². The summed E-state index contributed by atoms with van der Waals surface area (Å²) in [6, 6.07) is 17.8. The standard InChI is InChI=1S/C21H16N4O2/c26-17-10-4-3-8-15(17)18(20-23-16-9-5-11-22-19(16)24-20)25-12-13-6-1-2-7-14(13)21(25)27/h1-11,18,26H,12H2,(H,22,23,24). The summed E-state index contributed by atoms with van der Waals surface area (Å²) in [6.07, 6.45) is 1.69. The molecule has 6 heteroatoms. The Balaban J connectivity index is 1.68. The van der Waals surface area contributed by atoms with E-state index in [4.69, 9.17) is 0 Å². The Morgan fingerprint density at radius 1 is 1.04 bits per heavy atom. The van der Waals surface area contributed by atoms with Crippen LogP contribution in [0, 0.1) is 0 Å². The lowest BCUT2D eigenvalue weighted by molar-refractivity contribution is 0.0724. The van der Waals surface area contributed by atoms with Crippen molar-refractivity contribution in [1.82, 2.24) is 19.9 Å². The Labute approximate surface area is 155 Å².